The zero-order valence-electron chi connectivity index (χ0n) is 22.7. The number of halogens is 1. The molecule has 1 unspecified atom stereocenters. The Balaban J connectivity index is 1.18. The van der Waals surface area contributed by atoms with Gasteiger partial charge in [-0.05, 0) is 78.9 Å². The molecule has 208 valence electrons. The van der Waals surface area contributed by atoms with Gasteiger partial charge in [0.15, 0.2) is 19.4 Å². The van der Waals surface area contributed by atoms with E-state index in [9.17, 15) is 9.50 Å². The Morgan fingerprint density at radius 2 is 2.00 bits per heavy atom. The zero-order valence-corrected chi connectivity index (χ0v) is 22.7. The third kappa shape index (κ3) is 2.86. The molecule has 9 atom stereocenters. The fourth-order valence-electron chi connectivity index (χ4n) is 10.4. The molecule has 2 aliphatic heterocycles. The van der Waals surface area contributed by atoms with Gasteiger partial charge in [-0.1, -0.05) is 26.3 Å². The fourth-order valence-corrected chi connectivity index (χ4v) is 10.4. The molecule has 2 aromatic heterocycles. The summed E-state index contributed by atoms with van der Waals surface area (Å²) >= 11 is 0. The number of hydrogen-bond acceptors (Lipinski definition) is 7. The van der Waals surface area contributed by atoms with Crippen molar-refractivity contribution in [3.05, 3.63) is 47.3 Å². The second-order valence-electron chi connectivity index (χ2n) is 13.2. The summed E-state index contributed by atoms with van der Waals surface area (Å²) in [6, 6.07) is 1.37. The Hall–Kier alpha value is -2.17. The molecule has 2 saturated heterocycles. The fraction of sp³-hybridized carbons (Fsp3) is 0.667. The van der Waals surface area contributed by atoms with Crippen molar-refractivity contribution in [2.75, 3.05) is 20.2 Å². The van der Waals surface area contributed by atoms with Crippen LogP contribution >= 0.6 is 0 Å². The number of nitrogens with zero attached hydrogens (tertiary/aromatic N) is 3. The van der Waals surface area contributed by atoms with Crippen LogP contribution in [0.2, 0.25) is 0 Å². The highest BCUT2D eigenvalue weighted by molar-refractivity contribution is 5.61. The van der Waals surface area contributed by atoms with Crippen molar-refractivity contribution in [1.82, 2.24) is 14.8 Å². The molecule has 0 amide bonds. The second kappa shape index (κ2) is 7.97. The van der Waals surface area contributed by atoms with E-state index in [1.807, 2.05) is 6.20 Å². The van der Waals surface area contributed by atoms with E-state index in [0.717, 1.165) is 36.9 Å². The number of pyridine rings is 1. The van der Waals surface area contributed by atoms with Crippen molar-refractivity contribution in [2.24, 2.45) is 34.5 Å². The molecule has 6 aliphatic rings. The van der Waals surface area contributed by atoms with E-state index in [2.05, 4.69) is 36.9 Å². The molecular formula is C30H36FN3O5. The Bertz CT molecular complexity index is 1370. The van der Waals surface area contributed by atoms with Crippen molar-refractivity contribution < 1.29 is 28.4 Å². The molecule has 5 fully saturated rings. The Kier molecular flexibility index (Phi) is 5.03. The SMILES string of the molecule is C[C@@H]1C[C@H]2[C@@H]3CCC4=Cc5c(cnn5-c5cnccc5F)C[C@]4(C)[C@H]3[C@@H](O)C[C@]2(C)[C@]12OCOC21COCO1. The second-order valence-corrected chi connectivity index (χ2v) is 13.2. The first-order valence-electron chi connectivity index (χ1n) is 14.3. The molecule has 1 N–H and O–H groups in total. The summed E-state index contributed by atoms with van der Waals surface area (Å²) in [6.45, 7) is 7.65. The number of ether oxygens (including phenoxy) is 4. The van der Waals surface area contributed by atoms with Crippen LogP contribution < -0.4 is 0 Å². The first-order chi connectivity index (χ1) is 18.7. The third-order valence-corrected chi connectivity index (χ3v) is 11.8. The average molecular weight is 538 g/mol. The van der Waals surface area contributed by atoms with E-state index in [-0.39, 0.29) is 42.1 Å². The van der Waals surface area contributed by atoms with E-state index in [0.29, 0.717) is 30.6 Å². The summed E-state index contributed by atoms with van der Waals surface area (Å²) < 4.78 is 41.0. The minimum atomic E-state index is -0.915. The van der Waals surface area contributed by atoms with Gasteiger partial charge in [0, 0.05) is 11.6 Å². The maximum Gasteiger partial charge on any atom is 0.227 e. The maximum absolute atomic E-state index is 14.6. The highest BCUT2D eigenvalue weighted by atomic mass is 19.1. The van der Waals surface area contributed by atoms with E-state index < -0.39 is 17.5 Å². The van der Waals surface area contributed by atoms with E-state index in [1.165, 1.54) is 24.0 Å². The average Bonchev–Trinajstić information content (AvgIpc) is 3.67. The Morgan fingerprint density at radius 3 is 2.79 bits per heavy atom. The highest BCUT2D eigenvalue weighted by Gasteiger charge is 2.79. The van der Waals surface area contributed by atoms with Gasteiger partial charge >= 0.3 is 0 Å². The van der Waals surface area contributed by atoms with Crippen LogP contribution in [-0.4, -0.2) is 57.6 Å². The van der Waals surface area contributed by atoms with Crippen molar-refractivity contribution in [3.63, 3.8) is 0 Å². The number of hydrogen-bond donors (Lipinski definition) is 1. The maximum atomic E-state index is 14.6. The van der Waals surface area contributed by atoms with E-state index in [4.69, 9.17) is 18.9 Å². The number of aliphatic hydroxyl groups excluding tert-OH is 1. The van der Waals surface area contributed by atoms with Crippen LogP contribution in [0, 0.1) is 40.3 Å². The van der Waals surface area contributed by atoms with Crippen molar-refractivity contribution >= 4 is 6.08 Å². The molecule has 8 nitrogen and oxygen atoms in total. The standard InChI is InChI=1S/C30H36FN3O5/c1-17-8-21-20-5-4-19-9-23-18(12-33-34(23)24-13-32-7-6-22(24)31)10-27(19,2)26(20)25(35)11-28(21,3)30(17)29(38-16-39-30)14-36-15-37-29/h6-7,9,12-13,17,20-21,25-26,35H,4-5,8,10-11,14-16H2,1-3H3/t17-,20+,21+,25+,26-,27+,28+,29?,30-/m1/s1. The molecule has 39 heavy (non-hydrogen) atoms. The number of rotatable bonds is 1. The summed E-state index contributed by atoms with van der Waals surface area (Å²) in [5.74, 6) is -0.219. The van der Waals surface area contributed by atoms with Crippen molar-refractivity contribution in [2.45, 2.75) is 70.4 Å². The third-order valence-electron chi connectivity index (χ3n) is 11.8. The van der Waals surface area contributed by atoms with Gasteiger partial charge in [0.25, 0.3) is 0 Å². The summed E-state index contributed by atoms with van der Waals surface area (Å²) in [7, 11) is 0. The molecule has 8 rings (SSSR count). The monoisotopic (exact) mass is 537 g/mol. The van der Waals surface area contributed by atoms with Crippen LogP contribution in [-0.2, 0) is 25.4 Å². The smallest absolute Gasteiger partial charge is 0.227 e. The van der Waals surface area contributed by atoms with Gasteiger partial charge in [0.1, 0.15) is 17.9 Å². The zero-order chi connectivity index (χ0) is 26.8. The Morgan fingerprint density at radius 1 is 1.15 bits per heavy atom. The molecule has 0 bridgehead atoms. The summed E-state index contributed by atoms with van der Waals surface area (Å²) in [5.41, 5.74) is 2.54. The number of aliphatic hydroxyl groups is 1. The van der Waals surface area contributed by atoms with Gasteiger partial charge in [-0.15, -0.1) is 0 Å². The van der Waals surface area contributed by atoms with Crippen LogP contribution in [0.25, 0.3) is 11.8 Å². The van der Waals surface area contributed by atoms with Crippen LogP contribution in [0.5, 0.6) is 0 Å². The molecule has 4 aliphatic carbocycles. The first-order valence-corrected chi connectivity index (χ1v) is 14.3. The largest absolute Gasteiger partial charge is 0.393 e. The van der Waals surface area contributed by atoms with Crippen LogP contribution in [0.15, 0.2) is 30.2 Å². The van der Waals surface area contributed by atoms with Crippen LogP contribution in [0.1, 0.15) is 57.7 Å². The van der Waals surface area contributed by atoms with Crippen LogP contribution in [0.4, 0.5) is 4.39 Å². The predicted octanol–water partition coefficient (Wildman–Crippen LogP) is 4.25. The minimum absolute atomic E-state index is 0.114. The lowest BCUT2D eigenvalue weighted by molar-refractivity contribution is -0.266. The quantitative estimate of drug-likeness (QED) is 0.582. The molecule has 4 heterocycles. The molecule has 2 spiro atoms. The van der Waals surface area contributed by atoms with Gasteiger partial charge in [-0.25, -0.2) is 9.07 Å². The lowest BCUT2D eigenvalue weighted by Gasteiger charge is -2.61. The minimum Gasteiger partial charge on any atom is -0.393 e. The lowest BCUT2D eigenvalue weighted by Crippen LogP contribution is -2.67. The van der Waals surface area contributed by atoms with Crippen LogP contribution in [0.3, 0.4) is 0 Å². The normalized spacial score (nSPS) is 46.2. The molecule has 2 aromatic rings. The summed E-state index contributed by atoms with van der Waals surface area (Å²) in [4.78, 5) is 4.12. The highest BCUT2D eigenvalue weighted by Crippen LogP contribution is 2.72. The molecule has 0 aromatic carbocycles. The van der Waals surface area contributed by atoms with Gasteiger partial charge in [0.2, 0.25) is 5.79 Å². The van der Waals surface area contributed by atoms with E-state index in [1.54, 1.807) is 4.68 Å². The summed E-state index contributed by atoms with van der Waals surface area (Å²) in [5, 5.41) is 16.7. The number of allylic oxidation sites excluding steroid dienone is 1. The van der Waals surface area contributed by atoms with E-state index >= 15 is 0 Å². The van der Waals surface area contributed by atoms with Crippen molar-refractivity contribution in [3.8, 4) is 5.69 Å². The lowest BCUT2D eigenvalue weighted by atomic mass is 9.45. The number of fused-ring (bicyclic) bond motifs is 8. The topological polar surface area (TPSA) is 87.9 Å². The van der Waals surface area contributed by atoms with Gasteiger partial charge in [-0.2, -0.15) is 5.10 Å². The first kappa shape index (κ1) is 24.6. The Labute approximate surface area is 227 Å². The van der Waals surface area contributed by atoms with Gasteiger partial charge < -0.3 is 24.1 Å². The number of aromatic nitrogens is 3. The van der Waals surface area contributed by atoms with Gasteiger partial charge in [-0.3, -0.25) is 4.98 Å². The van der Waals surface area contributed by atoms with Crippen molar-refractivity contribution in [1.29, 1.82) is 0 Å². The predicted molar refractivity (Wildman–Crippen MR) is 138 cm³/mol. The molecule has 0 radical (unpaired) electrons. The summed E-state index contributed by atoms with van der Waals surface area (Å²) in [6.07, 6.45) is 10.9. The molecular weight excluding hydrogens is 501 g/mol. The molecule has 3 saturated carbocycles. The molecule has 9 heteroatoms. The van der Waals surface area contributed by atoms with Gasteiger partial charge in [0.05, 0.1) is 24.2 Å².